The first-order valence-corrected chi connectivity index (χ1v) is 6.17. The zero-order valence-electron chi connectivity index (χ0n) is 10.6. The summed E-state index contributed by atoms with van der Waals surface area (Å²) in [6, 6.07) is 6.57. The Kier molecular flexibility index (Phi) is 2.95. The van der Waals surface area contributed by atoms with Gasteiger partial charge in [-0.1, -0.05) is 18.2 Å². The van der Waals surface area contributed by atoms with Gasteiger partial charge in [0, 0.05) is 7.05 Å². The molecule has 19 heavy (non-hydrogen) atoms. The van der Waals surface area contributed by atoms with Gasteiger partial charge in [-0.15, -0.1) is 0 Å². The molecule has 2 heterocycles. The molecular formula is C14H15FN4. The van der Waals surface area contributed by atoms with Crippen molar-refractivity contribution in [2.24, 2.45) is 4.99 Å². The highest BCUT2D eigenvalue weighted by atomic mass is 19.1. The van der Waals surface area contributed by atoms with Crippen LogP contribution in [0.4, 0.5) is 4.39 Å². The van der Waals surface area contributed by atoms with Gasteiger partial charge in [-0.3, -0.25) is 4.99 Å². The number of amidine groups is 1. The average molecular weight is 258 g/mol. The highest BCUT2D eigenvalue weighted by molar-refractivity contribution is 5.99. The Labute approximate surface area is 111 Å². The van der Waals surface area contributed by atoms with Crippen LogP contribution in [0.2, 0.25) is 0 Å². The van der Waals surface area contributed by atoms with Crippen molar-refractivity contribution in [3.63, 3.8) is 0 Å². The Morgan fingerprint density at radius 1 is 1.32 bits per heavy atom. The van der Waals surface area contributed by atoms with Crippen molar-refractivity contribution in [3.05, 3.63) is 59.2 Å². The Morgan fingerprint density at radius 3 is 3.00 bits per heavy atom. The Morgan fingerprint density at radius 2 is 2.21 bits per heavy atom. The lowest BCUT2D eigenvalue weighted by Crippen LogP contribution is -2.46. The minimum atomic E-state index is -0.225. The molecule has 0 spiro atoms. The van der Waals surface area contributed by atoms with Gasteiger partial charge in [0.15, 0.2) is 0 Å². The standard InChI is InChI=1S/C14H15FN4/c1-16-14-13-12(17-8-18-14)6-5-11(19-13)9-3-2-4-10(15)7-9/h2-7,11,17,19H,8H2,1H3,(H,16,18). The number of nitrogens with one attached hydrogen (secondary N) is 3. The fourth-order valence-electron chi connectivity index (χ4n) is 2.30. The quantitative estimate of drug-likeness (QED) is 0.714. The first-order chi connectivity index (χ1) is 9.28. The molecule has 1 aromatic rings. The van der Waals surface area contributed by atoms with Crippen LogP contribution in [-0.4, -0.2) is 19.6 Å². The normalized spacial score (nSPS) is 23.5. The summed E-state index contributed by atoms with van der Waals surface area (Å²) in [5.74, 6) is 0.594. The predicted octanol–water partition coefficient (Wildman–Crippen LogP) is 1.42. The van der Waals surface area contributed by atoms with Crippen molar-refractivity contribution in [1.82, 2.24) is 16.0 Å². The van der Waals surface area contributed by atoms with Crippen LogP contribution in [0.3, 0.4) is 0 Å². The highest BCUT2D eigenvalue weighted by Crippen LogP contribution is 2.23. The molecule has 1 aromatic carbocycles. The molecule has 3 rings (SSSR count). The molecular weight excluding hydrogens is 243 g/mol. The van der Waals surface area contributed by atoms with E-state index >= 15 is 0 Å². The van der Waals surface area contributed by atoms with Gasteiger partial charge in [0.05, 0.1) is 18.4 Å². The van der Waals surface area contributed by atoms with Gasteiger partial charge in [0.2, 0.25) is 0 Å². The van der Waals surface area contributed by atoms with Gasteiger partial charge in [-0.05, 0) is 23.8 Å². The molecule has 0 saturated carbocycles. The van der Waals surface area contributed by atoms with Crippen molar-refractivity contribution in [2.45, 2.75) is 6.04 Å². The zero-order valence-corrected chi connectivity index (χ0v) is 10.6. The fraction of sp³-hybridized carbons (Fsp3) is 0.214. The number of hydrogen-bond acceptors (Lipinski definition) is 3. The minimum Gasteiger partial charge on any atom is -0.370 e. The molecule has 2 aliphatic heterocycles. The molecule has 0 radical (unpaired) electrons. The lowest BCUT2D eigenvalue weighted by atomic mass is 10.0. The molecule has 1 unspecified atom stereocenters. The maximum absolute atomic E-state index is 13.3. The Hall–Kier alpha value is -2.30. The lowest BCUT2D eigenvalue weighted by Gasteiger charge is -2.30. The number of dihydropyridines is 1. The number of benzene rings is 1. The van der Waals surface area contributed by atoms with E-state index in [4.69, 9.17) is 0 Å². The Bertz CT molecular complexity index is 589. The number of allylic oxidation sites excluding steroid dienone is 1. The van der Waals surface area contributed by atoms with E-state index in [9.17, 15) is 4.39 Å². The molecule has 1 atom stereocenters. The number of hydrogen-bond donors (Lipinski definition) is 3. The molecule has 0 fully saturated rings. The first kappa shape index (κ1) is 11.8. The van der Waals surface area contributed by atoms with E-state index in [1.54, 1.807) is 19.2 Å². The summed E-state index contributed by atoms with van der Waals surface area (Å²) >= 11 is 0. The SMILES string of the molecule is CN=C1NCNC2=C1NC(c1cccc(F)c1)C=C2. The van der Waals surface area contributed by atoms with Crippen molar-refractivity contribution in [1.29, 1.82) is 0 Å². The van der Waals surface area contributed by atoms with E-state index in [2.05, 4.69) is 20.9 Å². The van der Waals surface area contributed by atoms with Crippen LogP contribution in [0.15, 0.2) is 52.8 Å². The number of rotatable bonds is 1. The van der Waals surface area contributed by atoms with Gasteiger partial charge >= 0.3 is 0 Å². The molecule has 0 saturated heterocycles. The van der Waals surface area contributed by atoms with Crippen LogP contribution >= 0.6 is 0 Å². The van der Waals surface area contributed by atoms with Crippen LogP contribution < -0.4 is 16.0 Å². The minimum absolute atomic E-state index is 0.0482. The maximum atomic E-state index is 13.3. The molecule has 0 amide bonds. The fourth-order valence-corrected chi connectivity index (χ4v) is 2.30. The van der Waals surface area contributed by atoms with E-state index in [-0.39, 0.29) is 11.9 Å². The Balaban J connectivity index is 1.91. The topological polar surface area (TPSA) is 48.5 Å². The van der Waals surface area contributed by atoms with E-state index < -0.39 is 0 Å². The van der Waals surface area contributed by atoms with E-state index in [0.717, 1.165) is 22.8 Å². The third kappa shape index (κ3) is 2.19. The summed E-state index contributed by atoms with van der Waals surface area (Å²) in [5, 5.41) is 9.77. The second-order valence-electron chi connectivity index (χ2n) is 4.43. The molecule has 0 aliphatic carbocycles. The van der Waals surface area contributed by atoms with Crippen LogP contribution in [0.5, 0.6) is 0 Å². The summed E-state index contributed by atoms with van der Waals surface area (Å²) in [6.07, 6.45) is 4.02. The van der Waals surface area contributed by atoms with Gasteiger partial charge in [-0.2, -0.15) is 0 Å². The van der Waals surface area contributed by atoms with Gasteiger partial charge in [0.1, 0.15) is 17.3 Å². The molecule has 4 nitrogen and oxygen atoms in total. The van der Waals surface area contributed by atoms with Crippen molar-refractivity contribution in [3.8, 4) is 0 Å². The van der Waals surface area contributed by atoms with Crippen molar-refractivity contribution < 1.29 is 4.39 Å². The summed E-state index contributed by atoms with van der Waals surface area (Å²) in [6.45, 7) is 0.655. The molecule has 98 valence electrons. The third-order valence-electron chi connectivity index (χ3n) is 3.23. The molecule has 3 N–H and O–H groups in total. The smallest absolute Gasteiger partial charge is 0.148 e. The van der Waals surface area contributed by atoms with Gasteiger partial charge in [0.25, 0.3) is 0 Å². The van der Waals surface area contributed by atoms with Crippen LogP contribution in [0, 0.1) is 5.82 Å². The monoisotopic (exact) mass is 258 g/mol. The van der Waals surface area contributed by atoms with Gasteiger partial charge in [-0.25, -0.2) is 4.39 Å². The lowest BCUT2D eigenvalue weighted by molar-refractivity contribution is 0.614. The molecule has 2 aliphatic rings. The van der Waals surface area contributed by atoms with Crippen LogP contribution in [0.25, 0.3) is 0 Å². The molecule has 5 heteroatoms. The molecule has 0 aromatic heterocycles. The number of nitrogens with zero attached hydrogens (tertiary/aromatic N) is 1. The van der Waals surface area contributed by atoms with Crippen LogP contribution in [0.1, 0.15) is 11.6 Å². The predicted molar refractivity (Wildman–Crippen MR) is 72.9 cm³/mol. The summed E-state index contributed by atoms with van der Waals surface area (Å²) in [4.78, 5) is 4.21. The maximum Gasteiger partial charge on any atom is 0.148 e. The van der Waals surface area contributed by atoms with Crippen molar-refractivity contribution >= 4 is 5.84 Å². The van der Waals surface area contributed by atoms with Crippen LogP contribution in [-0.2, 0) is 0 Å². The number of aliphatic imine (C=N–C) groups is 1. The largest absolute Gasteiger partial charge is 0.370 e. The van der Waals surface area contributed by atoms with Crippen molar-refractivity contribution in [2.75, 3.05) is 13.7 Å². The summed E-state index contributed by atoms with van der Waals surface area (Å²) in [5.41, 5.74) is 2.82. The zero-order chi connectivity index (χ0) is 13.2. The molecule has 0 bridgehead atoms. The van der Waals surface area contributed by atoms with E-state index in [1.165, 1.54) is 6.07 Å². The first-order valence-electron chi connectivity index (χ1n) is 6.17. The van der Waals surface area contributed by atoms with E-state index in [0.29, 0.717) is 6.67 Å². The van der Waals surface area contributed by atoms with E-state index in [1.807, 2.05) is 18.2 Å². The summed E-state index contributed by atoms with van der Waals surface area (Å²) in [7, 11) is 1.75. The van der Waals surface area contributed by atoms with Gasteiger partial charge < -0.3 is 16.0 Å². The third-order valence-corrected chi connectivity index (χ3v) is 3.23. The number of halogens is 1. The second-order valence-corrected chi connectivity index (χ2v) is 4.43. The highest BCUT2D eigenvalue weighted by Gasteiger charge is 2.23. The summed E-state index contributed by atoms with van der Waals surface area (Å²) < 4.78 is 13.3. The second kappa shape index (κ2) is 4.76. The average Bonchev–Trinajstić information content (AvgIpc) is 2.46.